The second-order valence-corrected chi connectivity index (χ2v) is 6.51. The number of ether oxygens (including phenoxy) is 1. The number of aromatic nitrogens is 2. The van der Waals surface area contributed by atoms with Crippen molar-refractivity contribution in [2.75, 3.05) is 19.0 Å². The molecular formula is C14H23N3OS. The van der Waals surface area contributed by atoms with Crippen LogP contribution in [0.5, 0.6) is 0 Å². The van der Waals surface area contributed by atoms with Crippen molar-refractivity contribution >= 4 is 17.6 Å². The molecule has 1 N–H and O–H groups in total. The Balaban J connectivity index is 2.29. The molecule has 1 aromatic heterocycles. The highest BCUT2D eigenvalue weighted by Crippen LogP contribution is 2.35. The lowest BCUT2D eigenvalue weighted by Gasteiger charge is -2.17. The van der Waals surface area contributed by atoms with E-state index in [4.69, 9.17) is 9.72 Å². The van der Waals surface area contributed by atoms with Gasteiger partial charge in [-0.05, 0) is 20.3 Å². The number of nitrogens with zero attached hydrogens (tertiary/aromatic N) is 2. The molecule has 0 bridgehead atoms. The molecule has 0 aromatic carbocycles. The number of nitrogens with one attached hydrogen (secondary N) is 1. The Morgan fingerprint density at radius 2 is 2.11 bits per heavy atom. The van der Waals surface area contributed by atoms with Crippen molar-refractivity contribution in [3.8, 4) is 0 Å². The third-order valence-electron chi connectivity index (χ3n) is 3.44. The van der Waals surface area contributed by atoms with E-state index in [1.54, 1.807) is 0 Å². The third-order valence-corrected chi connectivity index (χ3v) is 4.98. The summed E-state index contributed by atoms with van der Waals surface area (Å²) in [4.78, 5) is 9.31. The molecular weight excluding hydrogens is 258 g/mol. The first-order valence-electron chi connectivity index (χ1n) is 6.87. The Hall–Kier alpha value is -0.810. The maximum atomic E-state index is 5.63. The molecule has 1 fully saturated rings. The van der Waals surface area contributed by atoms with Crippen molar-refractivity contribution < 1.29 is 4.74 Å². The number of hydrogen-bond donors (Lipinski definition) is 1. The zero-order chi connectivity index (χ0) is 14.0. The standard InChI is InChI=1S/C14H23N3OS/c1-8(2)12-16-13(15-5)9(3)14(17-12)19-11-6-7-18-10(11)4/h8,10-11H,6-7H2,1-5H3,(H,15,16,17). The summed E-state index contributed by atoms with van der Waals surface area (Å²) in [5.74, 6) is 2.18. The minimum atomic E-state index is 0.305. The van der Waals surface area contributed by atoms with Gasteiger partial charge in [-0.2, -0.15) is 0 Å². The zero-order valence-electron chi connectivity index (χ0n) is 12.4. The predicted octanol–water partition coefficient (Wildman–Crippen LogP) is 3.22. The first-order valence-corrected chi connectivity index (χ1v) is 7.75. The van der Waals surface area contributed by atoms with Crippen molar-refractivity contribution in [1.29, 1.82) is 0 Å². The van der Waals surface area contributed by atoms with Crippen molar-refractivity contribution in [3.05, 3.63) is 11.4 Å². The van der Waals surface area contributed by atoms with E-state index in [9.17, 15) is 0 Å². The Morgan fingerprint density at radius 3 is 2.63 bits per heavy atom. The fourth-order valence-corrected chi connectivity index (χ4v) is 3.33. The van der Waals surface area contributed by atoms with Crippen LogP contribution in [0.15, 0.2) is 5.03 Å². The summed E-state index contributed by atoms with van der Waals surface area (Å²) >= 11 is 1.83. The quantitative estimate of drug-likeness (QED) is 0.859. The lowest BCUT2D eigenvalue weighted by atomic mass is 10.2. The molecule has 4 nitrogen and oxygen atoms in total. The normalized spacial score (nSPS) is 23.1. The van der Waals surface area contributed by atoms with E-state index in [1.807, 2.05) is 18.8 Å². The smallest absolute Gasteiger partial charge is 0.134 e. The van der Waals surface area contributed by atoms with Crippen LogP contribution in [-0.2, 0) is 4.74 Å². The lowest BCUT2D eigenvalue weighted by molar-refractivity contribution is 0.127. The van der Waals surface area contributed by atoms with Crippen LogP contribution in [0.4, 0.5) is 5.82 Å². The molecule has 2 rings (SSSR count). The van der Waals surface area contributed by atoms with Gasteiger partial charge in [0.25, 0.3) is 0 Å². The van der Waals surface area contributed by atoms with Gasteiger partial charge in [0.15, 0.2) is 0 Å². The van der Waals surface area contributed by atoms with Crippen molar-refractivity contribution in [1.82, 2.24) is 9.97 Å². The molecule has 2 atom stereocenters. The van der Waals surface area contributed by atoms with Crippen LogP contribution < -0.4 is 5.32 Å². The predicted molar refractivity (Wildman–Crippen MR) is 80.1 cm³/mol. The Bertz CT molecular complexity index is 451. The van der Waals surface area contributed by atoms with E-state index >= 15 is 0 Å². The SMILES string of the molecule is CNc1nc(C(C)C)nc(SC2CCOC2C)c1C. The highest BCUT2D eigenvalue weighted by atomic mass is 32.2. The van der Waals surface area contributed by atoms with Crippen LogP contribution in [-0.4, -0.2) is 35.0 Å². The van der Waals surface area contributed by atoms with Gasteiger partial charge in [-0.1, -0.05) is 25.6 Å². The summed E-state index contributed by atoms with van der Waals surface area (Å²) in [6.45, 7) is 9.33. The number of anilines is 1. The number of hydrogen-bond acceptors (Lipinski definition) is 5. The molecule has 0 saturated carbocycles. The molecule has 19 heavy (non-hydrogen) atoms. The minimum absolute atomic E-state index is 0.305. The van der Waals surface area contributed by atoms with Crippen LogP contribution >= 0.6 is 11.8 Å². The molecule has 0 aliphatic carbocycles. The van der Waals surface area contributed by atoms with Gasteiger partial charge < -0.3 is 10.1 Å². The largest absolute Gasteiger partial charge is 0.377 e. The second kappa shape index (κ2) is 6.09. The van der Waals surface area contributed by atoms with Gasteiger partial charge in [0, 0.05) is 30.4 Å². The summed E-state index contributed by atoms with van der Waals surface area (Å²) in [6, 6.07) is 0. The summed E-state index contributed by atoms with van der Waals surface area (Å²) in [5.41, 5.74) is 1.14. The molecule has 106 valence electrons. The molecule has 1 aliphatic rings. The molecule has 2 unspecified atom stereocenters. The van der Waals surface area contributed by atoms with Gasteiger partial charge in [0.2, 0.25) is 0 Å². The zero-order valence-corrected chi connectivity index (χ0v) is 13.2. The molecule has 2 heterocycles. The summed E-state index contributed by atoms with van der Waals surface area (Å²) in [6.07, 6.45) is 1.40. The highest BCUT2D eigenvalue weighted by Gasteiger charge is 2.27. The van der Waals surface area contributed by atoms with E-state index < -0.39 is 0 Å². The van der Waals surface area contributed by atoms with Gasteiger partial charge in [-0.3, -0.25) is 0 Å². The number of rotatable bonds is 4. The molecule has 5 heteroatoms. The average molecular weight is 281 g/mol. The lowest BCUT2D eigenvalue weighted by Crippen LogP contribution is -2.15. The van der Waals surface area contributed by atoms with Crippen molar-refractivity contribution in [2.24, 2.45) is 0 Å². The second-order valence-electron chi connectivity index (χ2n) is 5.29. The van der Waals surface area contributed by atoms with E-state index in [-0.39, 0.29) is 0 Å². The van der Waals surface area contributed by atoms with Gasteiger partial charge in [-0.15, -0.1) is 0 Å². The Kier molecular flexibility index (Phi) is 4.68. The van der Waals surface area contributed by atoms with Crippen LogP contribution in [0.25, 0.3) is 0 Å². The van der Waals surface area contributed by atoms with Crippen LogP contribution in [0.2, 0.25) is 0 Å². The van der Waals surface area contributed by atoms with E-state index in [0.717, 1.165) is 35.3 Å². The Labute approximate surface area is 119 Å². The van der Waals surface area contributed by atoms with Gasteiger partial charge in [0.1, 0.15) is 16.7 Å². The van der Waals surface area contributed by atoms with Gasteiger partial charge >= 0.3 is 0 Å². The van der Waals surface area contributed by atoms with Crippen LogP contribution in [0, 0.1) is 6.92 Å². The molecule has 1 saturated heterocycles. The monoisotopic (exact) mass is 281 g/mol. The summed E-state index contributed by atoms with van der Waals surface area (Å²) in [5, 5.41) is 4.76. The molecule has 0 amide bonds. The third kappa shape index (κ3) is 3.20. The maximum Gasteiger partial charge on any atom is 0.134 e. The van der Waals surface area contributed by atoms with Crippen LogP contribution in [0.1, 0.15) is 44.5 Å². The van der Waals surface area contributed by atoms with E-state index in [2.05, 4.69) is 38.0 Å². The Morgan fingerprint density at radius 1 is 1.37 bits per heavy atom. The first kappa shape index (κ1) is 14.6. The van der Waals surface area contributed by atoms with Gasteiger partial charge in [-0.25, -0.2) is 9.97 Å². The topological polar surface area (TPSA) is 47.0 Å². The van der Waals surface area contributed by atoms with Crippen molar-refractivity contribution in [3.63, 3.8) is 0 Å². The first-order chi connectivity index (χ1) is 9.02. The molecule has 0 spiro atoms. The fourth-order valence-electron chi connectivity index (χ4n) is 2.14. The highest BCUT2D eigenvalue weighted by molar-refractivity contribution is 8.00. The van der Waals surface area contributed by atoms with Crippen molar-refractivity contribution in [2.45, 2.75) is 56.4 Å². The maximum absolute atomic E-state index is 5.63. The number of thioether (sulfide) groups is 1. The van der Waals surface area contributed by atoms with E-state index in [1.165, 1.54) is 0 Å². The molecule has 1 aliphatic heterocycles. The summed E-state index contributed by atoms with van der Waals surface area (Å²) in [7, 11) is 1.91. The van der Waals surface area contributed by atoms with E-state index in [0.29, 0.717) is 17.3 Å². The van der Waals surface area contributed by atoms with Gasteiger partial charge in [0.05, 0.1) is 6.10 Å². The fraction of sp³-hybridized carbons (Fsp3) is 0.714. The van der Waals surface area contributed by atoms with Crippen LogP contribution in [0.3, 0.4) is 0 Å². The summed E-state index contributed by atoms with van der Waals surface area (Å²) < 4.78 is 5.63. The minimum Gasteiger partial charge on any atom is -0.377 e. The molecule has 1 aromatic rings. The molecule has 0 radical (unpaired) electrons. The average Bonchev–Trinajstić information content (AvgIpc) is 2.77.